The number of halogens is 3. The van der Waals surface area contributed by atoms with Gasteiger partial charge >= 0.3 is 0 Å². The molecular weight excluding hydrogens is 322 g/mol. The Morgan fingerprint density at radius 2 is 2.11 bits per heavy atom. The molecule has 3 nitrogen and oxygen atoms in total. The summed E-state index contributed by atoms with van der Waals surface area (Å²) in [5.74, 6) is 0.0312. The van der Waals surface area contributed by atoms with Crippen molar-refractivity contribution in [3.8, 4) is 5.75 Å². The van der Waals surface area contributed by atoms with Crippen LogP contribution in [0.1, 0.15) is 11.6 Å². The molecule has 1 fully saturated rings. The number of nitrogens with zero attached hydrogens (tertiary/aromatic N) is 1. The monoisotopic (exact) mass is 336 g/mol. The molecule has 6 heteroatoms. The highest BCUT2D eigenvalue weighted by molar-refractivity contribution is 9.10. The summed E-state index contributed by atoms with van der Waals surface area (Å²) < 4.78 is 13.7. The Morgan fingerprint density at radius 1 is 1.44 bits per heavy atom. The average molecular weight is 338 g/mol. The van der Waals surface area contributed by atoms with Crippen LogP contribution in [0.25, 0.3) is 0 Å². The largest absolute Gasteiger partial charge is 0.506 e. The Bertz CT molecular complexity index is 427. The SMILES string of the molecule is Oc1c([C@H](CF)N2CCNCC2)ccc(Cl)c1Br. The van der Waals surface area contributed by atoms with Gasteiger partial charge in [-0.05, 0) is 22.0 Å². The van der Waals surface area contributed by atoms with Crippen molar-refractivity contribution in [1.82, 2.24) is 10.2 Å². The third-order valence-electron chi connectivity index (χ3n) is 3.20. The Hall–Kier alpha value is -0.360. The van der Waals surface area contributed by atoms with Gasteiger partial charge in [0.15, 0.2) is 0 Å². The molecule has 0 amide bonds. The van der Waals surface area contributed by atoms with E-state index in [2.05, 4.69) is 21.2 Å². The lowest BCUT2D eigenvalue weighted by molar-refractivity contribution is 0.145. The van der Waals surface area contributed by atoms with Crippen LogP contribution < -0.4 is 5.32 Å². The molecule has 100 valence electrons. The zero-order valence-electron chi connectivity index (χ0n) is 9.80. The first kappa shape index (κ1) is 14.1. The second kappa shape index (κ2) is 6.19. The van der Waals surface area contributed by atoms with Crippen molar-refractivity contribution in [2.45, 2.75) is 6.04 Å². The predicted octanol–water partition coefficient (Wildman–Crippen LogP) is 2.72. The zero-order chi connectivity index (χ0) is 13.1. The fraction of sp³-hybridized carbons (Fsp3) is 0.500. The summed E-state index contributed by atoms with van der Waals surface area (Å²) in [5.41, 5.74) is 0.579. The van der Waals surface area contributed by atoms with Crippen LogP contribution in [-0.4, -0.2) is 42.9 Å². The first-order chi connectivity index (χ1) is 8.65. The van der Waals surface area contributed by atoms with Crippen molar-refractivity contribution in [3.63, 3.8) is 0 Å². The molecule has 2 rings (SSSR count). The highest BCUT2D eigenvalue weighted by Gasteiger charge is 2.25. The van der Waals surface area contributed by atoms with E-state index in [1.807, 2.05) is 4.90 Å². The van der Waals surface area contributed by atoms with Crippen molar-refractivity contribution < 1.29 is 9.50 Å². The quantitative estimate of drug-likeness (QED) is 0.890. The van der Waals surface area contributed by atoms with E-state index in [1.165, 1.54) is 0 Å². The van der Waals surface area contributed by atoms with Crippen molar-refractivity contribution >= 4 is 27.5 Å². The number of hydrogen-bond acceptors (Lipinski definition) is 3. The summed E-state index contributed by atoms with van der Waals surface area (Å²) in [7, 11) is 0. The summed E-state index contributed by atoms with van der Waals surface area (Å²) >= 11 is 9.11. The highest BCUT2D eigenvalue weighted by atomic mass is 79.9. The number of alkyl halides is 1. The Kier molecular flexibility index (Phi) is 4.84. The van der Waals surface area contributed by atoms with E-state index in [4.69, 9.17) is 11.6 Å². The van der Waals surface area contributed by atoms with Gasteiger partial charge in [0.25, 0.3) is 0 Å². The number of piperazine rings is 1. The molecule has 0 unspecified atom stereocenters. The van der Waals surface area contributed by atoms with Crippen molar-refractivity contribution in [2.24, 2.45) is 0 Å². The molecule has 0 saturated carbocycles. The smallest absolute Gasteiger partial charge is 0.136 e. The maximum Gasteiger partial charge on any atom is 0.136 e. The van der Waals surface area contributed by atoms with E-state index in [-0.39, 0.29) is 5.75 Å². The van der Waals surface area contributed by atoms with Gasteiger partial charge in [0.05, 0.1) is 15.5 Å². The maximum atomic E-state index is 13.3. The first-order valence-corrected chi connectivity index (χ1v) is 7.00. The van der Waals surface area contributed by atoms with Crippen LogP contribution in [-0.2, 0) is 0 Å². The molecular formula is C12H15BrClFN2O. The van der Waals surface area contributed by atoms with Gasteiger partial charge < -0.3 is 10.4 Å². The zero-order valence-corrected chi connectivity index (χ0v) is 12.1. The predicted molar refractivity (Wildman–Crippen MR) is 74.0 cm³/mol. The number of nitrogens with one attached hydrogen (secondary N) is 1. The van der Waals surface area contributed by atoms with E-state index in [0.29, 0.717) is 15.1 Å². The van der Waals surface area contributed by atoms with E-state index >= 15 is 0 Å². The van der Waals surface area contributed by atoms with Gasteiger partial charge in [0.2, 0.25) is 0 Å². The molecule has 0 spiro atoms. The van der Waals surface area contributed by atoms with E-state index in [1.54, 1.807) is 12.1 Å². The van der Waals surface area contributed by atoms with Crippen LogP contribution in [0, 0.1) is 0 Å². The van der Waals surface area contributed by atoms with Gasteiger partial charge in [-0.1, -0.05) is 17.7 Å². The number of benzene rings is 1. The molecule has 18 heavy (non-hydrogen) atoms. The Morgan fingerprint density at radius 3 is 2.72 bits per heavy atom. The Labute approximate surface area is 119 Å². The van der Waals surface area contributed by atoms with Crippen molar-refractivity contribution in [1.29, 1.82) is 0 Å². The molecule has 1 saturated heterocycles. The van der Waals surface area contributed by atoms with Crippen LogP contribution >= 0.6 is 27.5 Å². The molecule has 1 aromatic carbocycles. The summed E-state index contributed by atoms with van der Waals surface area (Å²) in [6.07, 6.45) is 0. The minimum atomic E-state index is -0.526. The number of rotatable bonds is 3. The molecule has 1 heterocycles. The molecule has 0 bridgehead atoms. The van der Waals surface area contributed by atoms with E-state index in [0.717, 1.165) is 26.2 Å². The number of phenolic OH excluding ortho intramolecular Hbond substituents is 1. The standard InChI is InChI=1S/C12H15BrClFN2O/c13-11-9(14)2-1-8(12(11)18)10(7-15)17-5-3-16-4-6-17/h1-2,10,16,18H,3-7H2/t10-/m0/s1. The Balaban J connectivity index is 2.29. The molecule has 0 radical (unpaired) electrons. The normalized spacial score (nSPS) is 18.8. The van der Waals surface area contributed by atoms with Gasteiger partial charge in [0, 0.05) is 31.7 Å². The van der Waals surface area contributed by atoms with Gasteiger partial charge in [-0.25, -0.2) is 4.39 Å². The van der Waals surface area contributed by atoms with E-state index < -0.39 is 12.7 Å². The summed E-state index contributed by atoms with van der Waals surface area (Å²) in [5, 5.41) is 13.7. The average Bonchev–Trinajstić information content (AvgIpc) is 2.41. The molecule has 1 aromatic rings. The first-order valence-electron chi connectivity index (χ1n) is 5.82. The lowest BCUT2D eigenvalue weighted by Gasteiger charge is -2.34. The minimum Gasteiger partial charge on any atom is -0.506 e. The van der Waals surface area contributed by atoms with Crippen molar-refractivity contribution in [2.75, 3.05) is 32.9 Å². The number of aromatic hydroxyl groups is 1. The topological polar surface area (TPSA) is 35.5 Å². The molecule has 2 N–H and O–H groups in total. The maximum absolute atomic E-state index is 13.3. The van der Waals surface area contributed by atoms with Crippen LogP contribution in [0.2, 0.25) is 5.02 Å². The summed E-state index contributed by atoms with van der Waals surface area (Å²) in [4.78, 5) is 2.03. The lowest BCUT2D eigenvalue weighted by atomic mass is 10.0. The third kappa shape index (κ3) is 2.79. The second-order valence-corrected chi connectivity index (χ2v) is 5.46. The van der Waals surface area contributed by atoms with Crippen LogP contribution in [0.4, 0.5) is 4.39 Å². The molecule has 0 aromatic heterocycles. The second-order valence-electron chi connectivity index (χ2n) is 4.26. The van der Waals surface area contributed by atoms with Crippen molar-refractivity contribution in [3.05, 3.63) is 27.2 Å². The molecule has 0 aliphatic carbocycles. The van der Waals surface area contributed by atoms with Crippen LogP contribution in [0.5, 0.6) is 5.75 Å². The van der Waals surface area contributed by atoms with Gasteiger partial charge in [-0.2, -0.15) is 0 Å². The summed E-state index contributed by atoms with van der Waals surface area (Å²) in [6, 6.07) is 2.95. The molecule has 1 atom stereocenters. The summed E-state index contributed by atoms with van der Waals surface area (Å²) in [6.45, 7) is 2.70. The van der Waals surface area contributed by atoms with Gasteiger partial charge in [-0.15, -0.1) is 0 Å². The van der Waals surface area contributed by atoms with Gasteiger partial charge in [-0.3, -0.25) is 4.90 Å². The minimum absolute atomic E-state index is 0.0312. The van der Waals surface area contributed by atoms with Gasteiger partial charge in [0.1, 0.15) is 12.4 Å². The fourth-order valence-corrected chi connectivity index (χ4v) is 2.71. The lowest BCUT2D eigenvalue weighted by Crippen LogP contribution is -2.45. The fourth-order valence-electron chi connectivity index (χ4n) is 2.19. The molecule has 1 aliphatic rings. The highest BCUT2D eigenvalue weighted by Crippen LogP contribution is 2.39. The van der Waals surface area contributed by atoms with Crippen LogP contribution in [0.3, 0.4) is 0 Å². The number of phenols is 1. The molecule has 1 aliphatic heterocycles. The third-order valence-corrected chi connectivity index (χ3v) is 4.54. The van der Waals surface area contributed by atoms with E-state index in [9.17, 15) is 9.50 Å². The van der Waals surface area contributed by atoms with Crippen LogP contribution in [0.15, 0.2) is 16.6 Å². The number of hydrogen-bond donors (Lipinski definition) is 2.